The van der Waals surface area contributed by atoms with Gasteiger partial charge in [0.1, 0.15) is 24.0 Å². The molecule has 0 spiro atoms. The molecule has 210 valence electrons. The Labute approximate surface area is 223 Å². The summed E-state index contributed by atoms with van der Waals surface area (Å²) in [4.78, 5) is 44.5. The van der Waals surface area contributed by atoms with Crippen LogP contribution in [-0.4, -0.2) is 62.6 Å². The molecule has 0 amide bonds. The predicted molar refractivity (Wildman–Crippen MR) is 135 cm³/mol. The lowest BCUT2D eigenvalue weighted by molar-refractivity contribution is -0.181. The van der Waals surface area contributed by atoms with Gasteiger partial charge in [-0.3, -0.25) is 28.5 Å². The zero-order valence-electron chi connectivity index (χ0n) is 21.0. The molecule has 0 saturated carbocycles. The first-order chi connectivity index (χ1) is 18.0. The van der Waals surface area contributed by atoms with E-state index in [1.807, 2.05) is 11.9 Å². The maximum absolute atomic E-state index is 15.5. The second kappa shape index (κ2) is 13.0. The van der Waals surface area contributed by atoms with Gasteiger partial charge < -0.3 is 19.1 Å². The number of aliphatic hydroxyl groups is 1. The number of nitrogens with one attached hydrogen (secondary N) is 1. The molecule has 2 N–H and O–H groups in total. The normalized spacial score (nSPS) is 24.8. The van der Waals surface area contributed by atoms with Crippen molar-refractivity contribution in [2.75, 3.05) is 13.2 Å². The number of alkyl halides is 1. The number of aliphatic hydroxyl groups excluding tert-OH is 1. The van der Waals surface area contributed by atoms with Gasteiger partial charge in [-0.15, -0.1) is 0 Å². The van der Waals surface area contributed by atoms with Crippen LogP contribution in [0.2, 0.25) is 5.02 Å². The SMILES string of the molecule is CCCCOC(=O)C(C)N(OC[C@H]1O[C@@H](n2ccc(=O)[nH]c2=O)[C@](C)(F)[C@@H]1O)[PH](=O)Oc1ccccc1Cl. The lowest BCUT2D eigenvalue weighted by Crippen LogP contribution is -2.44. The van der Waals surface area contributed by atoms with Gasteiger partial charge in [0.2, 0.25) is 0 Å². The number of halogens is 2. The van der Waals surface area contributed by atoms with Gasteiger partial charge in [0.15, 0.2) is 11.9 Å². The predicted octanol–water partition coefficient (Wildman–Crippen LogP) is 2.61. The van der Waals surface area contributed by atoms with Gasteiger partial charge in [0, 0.05) is 12.3 Å². The fourth-order valence-electron chi connectivity index (χ4n) is 3.64. The molecule has 1 aromatic carbocycles. The number of unbranched alkanes of at least 4 members (excludes halogenated alkanes) is 1. The van der Waals surface area contributed by atoms with Crippen molar-refractivity contribution >= 4 is 25.7 Å². The molecule has 15 heteroatoms. The number of carbonyl (C=O) groups is 1. The second-order valence-corrected chi connectivity index (χ2v) is 10.3. The van der Waals surface area contributed by atoms with Crippen LogP contribution in [0.15, 0.2) is 46.1 Å². The fraction of sp³-hybridized carbons (Fsp3) is 0.522. The van der Waals surface area contributed by atoms with Crippen LogP contribution in [0, 0.1) is 0 Å². The Morgan fingerprint density at radius 2 is 2.08 bits per heavy atom. The van der Waals surface area contributed by atoms with Gasteiger partial charge >= 0.3 is 19.8 Å². The number of hydrogen-bond acceptors (Lipinski definition) is 9. The van der Waals surface area contributed by atoms with E-state index in [-0.39, 0.29) is 17.4 Å². The van der Waals surface area contributed by atoms with E-state index >= 15 is 4.39 Å². The lowest BCUT2D eigenvalue weighted by Gasteiger charge is -2.27. The first-order valence-electron chi connectivity index (χ1n) is 11.9. The largest absolute Gasteiger partial charge is 0.464 e. The Hall–Kier alpha value is -2.54. The van der Waals surface area contributed by atoms with Crippen LogP contribution in [0.1, 0.15) is 39.8 Å². The van der Waals surface area contributed by atoms with Crippen LogP contribution in [0.4, 0.5) is 4.39 Å². The topological polar surface area (TPSA) is 149 Å². The van der Waals surface area contributed by atoms with Crippen LogP contribution in [0.3, 0.4) is 0 Å². The molecule has 38 heavy (non-hydrogen) atoms. The van der Waals surface area contributed by atoms with Crippen molar-refractivity contribution in [2.45, 2.75) is 63.8 Å². The van der Waals surface area contributed by atoms with Gasteiger partial charge in [-0.1, -0.05) is 41.9 Å². The van der Waals surface area contributed by atoms with Gasteiger partial charge in [-0.2, -0.15) is 0 Å². The Morgan fingerprint density at radius 1 is 1.37 bits per heavy atom. The molecule has 0 aliphatic carbocycles. The number of benzene rings is 1. The van der Waals surface area contributed by atoms with Crippen LogP contribution in [-0.2, 0) is 23.7 Å². The number of carbonyl (C=O) groups excluding carboxylic acids is 1. The summed E-state index contributed by atoms with van der Waals surface area (Å²) in [5, 5.41) is 10.8. The maximum atomic E-state index is 15.5. The summed E-state index contributed by atoms with van der Waals surface area (Å²) >= 11 is 6.08. The van der Waals surface area contributed by atoms with E-state index in [4.69, 9.17) is 30.4 Å². The molecule has 2 aromatic rings. The highest BCUT2D eigenvalue weighted by atomic mass is 35.5. The number of hydroxylamine groups is 1. The zero-order valence-corrected chi connectivity index (χ0v) is 22.7. The van der Waals surface area contributed by atoms with Gasteiger partial charge in [0.25, 0.3) is 5.56 Å². The standard InChI is InChI=1S/C23H30ClFN3O9P/c1-4-5-12-34-20(31)14(2)28(38(33)37-16-9-7-6-8-15(16)24)35-13-17-19(30)23(3,25)21(36-17)27-11-10-18(29)26-22(27)32/h6-11,14,17,19,21,30,38H,4-5,12-13H2,1-3H3,(H,26,29,32)/t14?,17-,19-,21-,23-/m1/s1. The summed E-state index contributed by atoms with van der Waals surface area (Å²) in [6, 6.07) is 6.01. The number of nitrogens with zero attached hydrogens (tertiary/aromatic N) is 2. The first-order valence-corrected chi connectivity index (χ1v) is 13.5. The molecule has 1 saturated heterocycles. The smallest absolute Gasteiger partial charge is 0.331 e. The average molecular weight is 578 g/mol. The lowest BCUT2D eigenvalue weighted by atomic mass is 9.98. The number of ether oxygens (including phenoxy) is 2. The second-order valence-electron chi connectivity index (χ2n) is 8.76. The Morgan fingerprint density at radius 3 is 2.74 bits per heavy atom. The highest BCUT2D eigenvalue weighted by molar-refractivity contribution is 7.36. The molecule has 1 aliphatic rings. The molecular formula is C23H30ClFN3O9P. The number of rotatable bonds is 12. The van der Waals surface area contributed by atoms with Crippen LogP contribution in [0.5, 0.6) is 5.75 Å². The molecule has 1 aliphatic heterocycles. The molecule has 6 atom stereocenters. The van der Waals surface area contributed by atoms with E-state index in [0.717, 1.165) is 35.0 Å². The highest BCUT2D eigenvalue weighted by Crippen LogP contribution is 2.42. The summed E-state index contributed by atoms with van der Waals surface area (Å²) in [5.74, 6) is -0.676. The molecular weight excluding hydrogens is 548 g/mol. The number of aromatic amines is 1. The Balaban J connectivity index is 1.79. The van der Waals surface area contributed by atoms with Crippen molar-refractivity contribution in [3.8, 4) is 5.75 Å². The Bertz CT molecular complexity index is 1260. The maximum Gasteiger partial charge on any atom is 0.331 e. The van der Waals surface area contributed by atoms with Crippen LogP contribution >= 0.6 is 19.8 Å². The number of hydrogen-bond donors (Lipinski definition) is 2. The number of aromatic nitrogens is 2. The van der Waals surface area contributed by atoms with E-state index in [2.05, 4.69) is 0 Å². The molecule has 12 nitrogen and oxygen atoms in total. The van der Waals surface area contributed by atoms with E-state index in [9.17, 15) is 24.1 Å². The van der Waals surface area contributed by atoms with Crippen LogP contribution < -0.4 is 15.8 Å². The minimum atomic E-state index is -3.34. The van der Waals surface area contributed by atoms with Gasteiger partial charge in [-0.05, 0) is 32.4 Å². The quantitative estimate of drug-likeness (QED) is 0.167. The molecule has 1 aromatic heterocycles. The average Bonchev–Trinajstić information content (AvgIpc) is 3.09. The third kappa shape index (κ3) is 6.90. The van der Waals surface area contributed by atoms with Crippen molar-refractivity contribution in [3.63, 3.8) is 0 Å². The highest BCUT2D eigenvalue weighted by Gasteiger charge is 2.55. The van der Waals surface area contributed by atoms with Crippen molar-refractivity contribution in [1.29, 1.82) is 0 Å². The summed E-state index contributed by atoms with van der Waals surface area (Å²) in [6.07, 6.45) is -2.34. The van der Waals surface area contributed by atoms with E-state index < -0.39 is 62.2 Å². The van der Waals surface area contributed by atoms with Crippen molar-refractivity contribution < 1.29 is 37.7 Å². The van der Waals surface area contributed by atoms with Crippen molar-refractivity contribution in [2.24, 2.45) is 0 Å². The van der Waals surface area contributed by atoms with Gasteiger partial charge in [0.05, 0.1) is 18.2 Å². The molecule has 0 bridgehead atoms. The third-order valence-corrected chi connectivity index (χ3v) is 7.43. The number of esters is 1. The van der Waals surface area contributed by atoms with Crippen LogP contribution in [0.25, 0.3) is 0 Å². The summed E-state index contributed by atoms with van der Waals surface area (Å²) in [5.41, 5.74) is -4.11. The first kappa shape index (κ1) is 30.0. The monoisotopic (exact) mass is 577 g/mol. The minimum Gasteiger partial charge on any atom is -0.464 e. The summed E-state index contributed by atoms with van der Waals surface area (Å²) < 4.78 is 45.7. The molecule has 3 rings (SSSR count). The third-order valence-electron chi connectivity index (χ3n) is 5.85. The molecule has 2 unspecified atom stereocenters. The molecule has 2 heterocycles. The zero-order chi connectivity index (χ0) is 28.0. The number of para-hydroxylation sites is 1. The number of H-pyrrole nitrogens is 1. The molecule has 1 fully saturated rings. The summed E-state index contributed by atoms with van der Waals surface area (Å²) in [6.45, 7) is 3.88. The Kier molecular flexibility index (Phi) is 10.3. The van der Waals surface area contributed by atoms with E-state index in [1.54, 1.807) is 12.1 Å². The van der Waals surface area contributed by atoms with E-state index in [0.29, 0.717) is 6.42 Å². The van der Waals surface area contributed by atoms with Crippen molar-refractivity contribution in [3.05, 3.63) is 62.4 Å². The fourth-order valence-corrected chi connectivity index (χ4v) is 4.94. The van der Waals surface area contributed by atoms with E-state index in [1.165, 1.54) is 19.1 Å². The van der Waals surface area contributed by atoms with Gasteiger partial charge in [-0.25, -0.2) is 9.18 Å². The summed E-state index contributed by atoms with van der Waals surface area (Å²) in [7, 11) is -3.34. The minimum absolute atomic E-state index is 0.0733. The van der Waals surface area contributed by atoms with Crippen molar-refractivity contribution in [1.82, 2.24) is 14.4 Å². The molecule has 0 radical (unpaired) electrons.